The van der Waals surface area contributed by atoms with Crippen LogP contribution in [0.25, 0.3) is 11.3 Å². The molecule has 0 fully saturated rings. The zero-order valence-corrected chi connectivity index (χ0v) is 11.4. The first-order valence-electron chi connectivity index (χ1n) is 4.78. The lowest BCUT2D eigenvalue weighted by Crippen LogP contribution is -1.94. The molecule has 2 aromatic rings. The van der Waals surface area contributed by atoms with E-state index in [0.29, 0.717) is 14.9 Å². The lowest BCUT2D eigenvalue weighted by atomic mass is 10.1. The molecule has 2 N–H and O–H groups in total. The molecular weight excluding hydrogens is 353 g/mol. The molecule has 0 aliphatic carbocycles. The number of benzene rings is 1. The molecule has 8 heteroatoms. The van der Waals surface area contributed by atoms with Crippen molar-refractivity contribution in [3.63, 3.8) is 0 Å². The van der Waals surface area contributed by atoms with Crippen LogP contribution in [0.3, 0.4) is 0 Å². The smallest absolute Gasteiger partial charge is 0.310 e. The van der Waals surface area contributed by atoms with E-state index < -0.39 is 4.92 Å². The van der Waals surface area contributed by atoms with E-state index in [1.54, 1.807) is 6.07 Å². The number of methoxy groups -OCH3 is 1. The highest BCUT2D eigenvalue weighted by molar-refractivity contribution is 14.1. The summed E-state index contributed by atoms with van der Waals surface area (Å²) in [6.45, 7) is 0. The number of rotatable bonds is 3. The fourth-order valence-electron chi connectivity index (χ4n) is 1.44. The van der Waals surface area contributed by atoms with Crippen molar-refractivity contribution in [3.8, 4) is 17.1 Å². The number of hydrogen-bond donors (Lipinski definition) is 1. The number of nitrogens with zero attached hydrogens (tertiary/aromatic N) is 2. The van der Waals surface area contributed by atoms with Gasteiger partial charge in [-0.1, -0.05) is 5.16 Å². The predicted octanol–water partition coefficient (Wildman–Crippen LogP) is 2.45. The molecule has 1 aromatic carbocycles. The van der Waals surface area contributed by atoms with Gasteiger partial charge in [-0.05, 0) is 34.7 Å². The molecule has 1 heterocycles. The number of hydrogen-bond acceptors (Lipinski definition) is 6. The van der Waals surface area contributed by atoms with E-state index >= 15 is 0 Å². The van der Waals surface area contributed by atoms with Crippen molar-refractivity contribution in [2.45, 2.75) is 0 Å². The number of ether oxygens (including phenoxy) is 1. The van der Waals surface area contributed by atoms with Crippen molar-refractivity contribution in [1.82, 2.24) is 5.16 Å². The van der Waals surface area contributed by atoms with Crippen LogP contribution in [0.4, 0.5) is 11.5 Å². The quantitative estimate of drug-likeness (QED) is 0.512. The Bertz CT molecular complexity index is 611. The molecular formula is C10H8IN3O4. The van der Waals surface area contributed by atoms with Gasteiger partial charge in [-0.25, -0.2) is 0 Å². The zero-order chi connectivity index (χ0) is 13.3. The van der Waals surface area contributed by atoms with E-state index in [1.807, 2.05) is 22.6 Å². The summed E-state index contributed by atoms with van der Waals surface area (Å²) in [5.74, 6) is 0.896. The van der Waals surface area contributed by atoms with Crippen LogP contribution < -0.4 is 10.5 Å². The Balaban J connectivity index is 2.54. The fourth-order valence-corrected chi connectivity index (χ4v) is 1.95. The third kappa shape index (κ3) is 2.10. The zero-order valence-electron chi connectivity index (χ0n) is 9.21. The summed E-state index contributed by atoms with van der Waals surface area (Å²) in [6, 6.07) is 4.42. The van der Waals surface area contributed by atoms with Crippen LogP contribution in [0.2, 0.25) is 0 Å². The van der Waals surface area contributed by atoms with Gasteiger partial charge in [0.15, 0.2) is 17.3 Å². The van der Waals surface area contributed by atoms with Crippen molar-refractivity contribution < 1.29 is 14.2 Å². The first kappa shape index (κ1) is 12.6. The van der Waals surface area contributed by atoms with Gasteiger partial charge in [0, 0.05) is 11.6 Å². The SMILES string of the molecule is COc1cc(-c2onc(N)c2I)ccc1[N+](=O)[O-]. The van der Waals surface area contributed by atoms with Crippen LogP contribution in [0.5, 0.6) is 5.75 Å². The first-order valence-corrected chi connectivity index (χ1v) is 5.86. The van der Waals surface area contributed by atoms with Crippen LogP contribution in [0, 0.1) is 13.7 Å². The second kappa shape index (κ2) is 4.80. The molecule has 0 aliphatic heterocycles. The van der Waals surface area contributed by atoms with Crippen molar-refractivity contribution >= 4 is 34.1 Å². The molecule has 0 bridgehead atoms. The fraction of sp³-hybridized carbons (Fsp3) is 0.100. The largest absolute Gasteiger partial charge is 0.490 e. The summed E-state index contributed by atoms with van der Waals surface area (Å²) in [6.07, 6.45) is 0. The number of nitrogen functional groups attached to an aromatic ring is 1. The van der Waals surface area contributed by atoms with Crippen LogP contribution in [-0.4, -0.2) is 17.2 Å². The lowest BCUT2D eigenvalue weighted by Gasteiger charge is -2.03. The molecule has 0 radical (unpaired) electrons. The van der Waals surface area contributed by atoms with Gasteiger partial charge < -0.3 is 15.0 Å². The van der Waals surface area contributed by atoms with Gasteiger partial charge in [0.1, 0.15) is 3.57 Å². The Kier molecular flexibility index (Phi) is 3.36. The highest BCUT2D eigenvalue weighted by Gasteiger charge is 2.19. The molecule has 0 atom stereocenters. The second-order valence-electron chi connectivity index (χ2n) is 3.35. The van der Waals surface area contributed by atoms with E-state index in [4.69, 9.17) is 15.0 Å². The number of nitro benzene ring substituents is 1. The Hall–Kier alpha value is -1.84. The molecule has 0 aliphatic rings. The summed E-state index contributed by atoms with van der Waals surface area (Å²) in [5, 5.41) is 14.4. The molecule has 7 nitrogen and oxygen atoms in total. The molecule has 1 aromatic heterocycles. The van der Waals surface area contributed by atoms with Crippen LogP contribution >= 0.6 is 22.6 Å². The van der Waals surface area contributed by atoms with E-state index in [0.717, 1.165) is 0 Å². The highest BCUT2D eigenvalue weighted by Crippen LogP contribution is 2.35. The van der Waals surface area contributed by atoms with Crippen LogP contribution in [0.15, 0.2) is 22.7 Å². The molecule has 0 amide bonds. The molecule has 94 valence electrons. The summed E-state index contributed by atoms with van der Waals surface area (Å²) >= 11 is 1.99. The number of halogens is 1. The van der Waals surface area contributed by atoms with Gasteiger partial charge >= 0.3 is 5.69 Å². The summed E-state index contributed by atoms with van der Waals surface area (Å²) in [7, 11) is 1.37. The molecule has 0 saturated carbocycles. The van der Waals surface area contributed by atoms with Gasteiger partial charge in [0.05, 0.1) is 12.0 Å². The van der Waals surface area contributed by atoms with Gasteiger partial charge in [-0.2, -0.15) is 0 Å². The average molecular weight is 361 g/mol. The summed E-state index contributed by atoms with van der Waals surface area (Å²) in [5.41, 5.74) is 6.08. The minimum atomic E-state index is -0.512. The van der Waals surface area contributed by atoms with Crippen LogP contribution in [-0.2, 0) is 0 Å². The van der Waals surface area contributed by atoms with Gasteiger partial charge in [-0.15, -0.1) is 0 Å². The van der Waals surface area contributed by atoms with Gasteiger partial charge in [0.2, 0.25) is 0 Å². The van der Waals surface area contributed by atoms with E-state index in [9.17, 15) is 10.1 Å². The highest BCUT2D eigenvalue weighted by atomic mass is 127. The minimum Gasteiger partial charge on any atom is -0.490 e. The lowest BCUT2D eigenvalue weighted by molar-refractivity contribution is -0.385. The van der Waals surface area contributed by atoms with Crippen molar-refractivity contribution in [2.24, 2.45) is 0 Å². The maximum atomic E-state index is 10.8. The van der Waals surface area contributed by atoms with Crippen molar-refractivity contribution in [1.29, 1.82) is 0 Å². The van der Waals surface area contributed by atoms with Gasteiger partial charge in [-0.3, -0.25) is 10.1 Å². The van der Waals surface area contributed by atoms with Gasteiger partial charge in [0.25, 0.3) is 0 Å². The van der Waals surface area contributed by atoms with Crippen molar-refractivity contribution in [2.75, 3.05) is 12.8 Å². The summed E-state index contributed by atoms with van der Waals surface area (Å²) in [4.78, 5) is 10.3. The topological polar surface area (TPSA) is 104 Å². The second-order valence-corrected chi connectivity index (χ2v) is 4.43. The molecule has 0 spiro atoms. The Morgan fingerprint density at radius 3 is 2.78 bits per heavy atom. The van der Waals surface area contributed by atoms with E-state index in [-0.39, 0.29) is 17.3 Å². The molecule has 18 heavy (non-hydrogen) atoms. The molecule has 2 rings (SSSR count). The average Bonchev–Trinajstić information content (AvgIpc) is 2.69. The third-order valence-corrected chi connectivity index (χ3v) is 3.34. The Morgan fingerprint density at radius 2 is 2.28 bits per heavy atom. The first-order chi connectivity index (χ1) is 8.54. The standard InChI is InChI=1S/C10H8IN3O4/c1-17-7-4-5(2-3-6(7)14(15)16)9-8(11)10(12)13-18-9/h2-4H,1H3,(H2,12,13). The third-order valence-electron chi connectivity index (χ3n) is 2.30. The maximum absolute atomic E-state index is 10.8. The maximum Gasteiger partial charge on any atom is 0.310 e. The van der Waals surface area contributed by atoms with Crippen molar-refractivity contribution in [3.05, 3.63) is 31.9 Å². The normalized spacial score (nSPS) is 10.3. The monoisotopic (exact) mass is 361 g/mol. The molecule has 0 saturated heterocycles. The Labute approximate surface area is 115 Å². The van der Waals surface area contributed by atoms with E-state index in [2.05, 4.69) is 5.16 Å². The number of nitrogens with two attached hydrogens (primary N) is 1. The van der Waals surface area contributed by atoms with E-state index in [1.165, 1.54) is 19.2 Å². The summed E-state index contributed by atoms with van der Waals surface area (Å²) < 4.78 is 10.7. The minimum absolute atomic E-state index is 0.108. The molecule has 0 unspecified atom stereocenters. The number of nitro groups is 1. The Morgan fingerprint density at radius 1 is 1.56 bits per heavy atom. The predicted molar refractivity (Wildman–Crippen MR) is 72.3 cm³/mol. The van der Waals surface area contributed by atoms with Crippen LogP contribution in [0.1, 0.15) is 0 Å². The number of anilines is 1. The number of aromatic nitrogens is 1.